The molecule has 58 heavy (non-hydrogen) atoms. The smallest absolute Gasteiger partial charge is 0.411 e. The number of ether oxygens (including phenoxy) is 2. The molecule has 0 aromatic heterocycles. The van der Waals surface area contributed by atoms with Gasteiger partial charge in [0.05, 0.1) is 23.2 Å². The van der Waals surface area contributed by atoms with Crippen molar-refractivity contribution in [1.82, 2.24) is 20.3 Å². The van der Waals surface area contributed by atoms with Gasteiger partial charge >= 0.3 is 12.2 Å². The van der Waals surface area contributed by atoms with Crippen LogP contribution in [0.3, 0.4) is 0 Å². The third kappa shape index (κ3) is 12.5. The molecule has 2 aromatic carbocycles. The van der Waals surface area contributed by atoms with Crippen LogP contribution >= 0.6 is 45.2 Å². The monoisotopic (exact) mass is 1050 g/mol. The minimum Gasteiger partial charge on any atom is -0.444 e. The molecular weight excluding hydrogens is 998 g/mol. The summed E-state index contributed by atoms with van der Waals surface area (Å²) < 4.78 is 40.0. The summed E-state index contributed by atoms with van der Waals surface area (Å²) in [6, 6.07) is 12.0. The van der Waals surface area contributed by atoms with Crippen LogP contribution < -0.4 is 20.7 Å². The molecule has 1 unspecified atom stereocenters. The Labute approximate surface area is 365 Å². The number of para-hydroxylation sites is 2. The van der Waals surface area contributed by atoms with E-state index in [-0.39, 0.29) is 19.4 Å². The molecule has 2 aliphatic carbocycles. The van der Waals surface area contributed by atoms with Crippen LogP contribution in [0.4, 0.5) is 21.0 Å². The van der Waals surface area contributed by atoms with Crippen molar-refractivity contribution in [1.29, 1.82) is 0 Å². The van der Waals surface area contributed by atoms with Crippen molar-refractivity contribution < 1.29 is 46.7 Å². The number of nitrogens with zero attached hydrogens (tertiary/aromatic N) is 2. The molecule has 1 heterocycles. The van der Waals surface area contributed by atoms with E-state index in [1.807, 2.05) is 24.3 Å². The summed E-state index contributed by atoms with van der Waals surface area (Å²) >= 11 is 4.17. The van der Waals surface area contributed by atoms with Gasteiger partial charge in [0.2, 0.25) is 27.9 Å². The summed E-state index contributed by atoms with van der Waals surface area (Å²) in [7, 11) is -3.91. The first-order valence-corrected chi connectivity index (χ1v) is 22.1. The van der Waals surface area contributed by atoms with E-state index >= 15 is 0 Å². The number of hydrogen-bond donors (Lipinski definition) is 4. The maximum atomic E-state index is 14.2. The SMILES string of the molecule is C=CC1C[C@]1(NC(=O)[C@@H]1C[C@@H](OC(=O)Nc2ccccc2I)CN1C(=O)[C@@H](NC(=O)OC(C)(C)C)C(C)(C)C)C(=O)NS(=O)(=O)C1CC1.O=C=Nc1ccccc1I. The second-order valence-electron chi connectivity index (χ2n) is 16.2. The third-order valence-corrected chi connectivity index (χ3v) is 12.9. The van der Waals surface area contributed by atoms with Gasteiger partial charge in [-0.1, -0.05) is 51.1 Å². The van der Waals surface area contributed by atoms with Crippen LogP contribution in [0.5, 0.6) is 0 Å². The van der Waals surface area contributed by atoms with E-state index < -0.39 is 85.8 Å². The highest BCUT2D eigenvalue weighted by Crippen LogP contribution is 2.45. The number of benzene rings is 2. The maximum absolute atomic E-state index is 14.2. The largest absolute Gasteiger partial charge is 0.444 e. The summed E-state index contributed by atoms with van der Waals surface area (Å²) in [6.45, 7) is 13.8. The first-order valence-electron chi connectivity index (χ1n) is 18.4. The van der Waals surface area contributed by atoms with E-state index in [0.29, 0.717) is 24.2 Å². The van der Waals surface area contributed by atoms with E-state index in [4.69, 9.17) is 9.47 Å². The van der Waals surface area contributed by atoms with Crippen molar-refractivity contribution in [2.24, 2.45) is 16.3 Å². The molecule has 16 nitrogen and oxygen atoms in total. The number of likely N-dealkylation sites (tertiary alicyclic amines) is 1. The van der Waals surface area contributed by atoms with Gasteiger partial charge in [0.1, 0.15) is 29.3 Å². The lowest BCUT2D eigenvalue weighted by molar-refractivity contribution is -0.143. The zero-order valence-electron chi connectivity index (χ0n) is 33.0. The second kappa shape index (κ2) is 18.9. The van der Waals surface area contributed by atoms with Gasteiger partial charge in [0, 0.05) is 19.5 Å². The average Bonchev–Trinajstić information content (AvgIpc) is 4.05. The van der Waals surface area contributed by atoms with Crippen LogP contribution in [0, 0.1) is 18.5 Å². The Kier molecular flexibility index (Phi) is 15.2. The fourth-order valence-electron chi connectivity index (χ4n) is 6.08. The lowest BCUT2D eigenvalue weighted by atomic mass is 9.85. The topological polar surface area (TPSA) is 219 Å². The zero-order chi connectivity index (χ0) is 43.2. The van der Waals surface area contributed by atoms with E-state index in [1.54, 1.807) is 65.8 Å². The van der Waals surface area contributed by atoms with Crippen LogP contribution in [0.1, 0.15) is 67.2 Å². The predicted molar refractivity (Wildman–Crippen MR) is 232 cm³/mol. The van der Waals surface area contributed by atoms with Crippen molar-refractivity contribution in [2.75, 3.05) is 11.9 Å². The molecule has 5 rings (SSSR count). The Bertz CT molecular complexity index is 2080. The van der Waals surface area contributed by atoms with E-state index in [2.05, 4.69) is 77.4 Å². The molecule has 1 aliphatic heterocycles. The number of aliphatic imine (C=N–C) groups is 1. The second-order valence-corrected chi connectivity index (χ2v) is 20.4. The molecule has 2 saturated carbocycles. The molecule has 5 amide bonds. The molecule has 19 heteroatoms. The number of carbonyl (C=O) groups excluding carboxylic acids is 6. The van der Waals surface area contributed by atoms with Crippen LogP contribution in [0.25, 0.3) is 0 Å². The number of hydrogen-bond acceptors (Lipinski definition) is 11. The molecule has 0 radical (unpaired) electrons. The molecule has 0 bridgehead atoms. The van der Waals surface area contributed by atoms with Gasteiger partial charge in [-0.25, -0.2) is 22.8 Å². The van der Waals surface area contributed by atoms with Gasteiger partial charge in [0.25, 0.3) is 5.91 Å². The minimum absolute atomic E-state index is 0.109. The van der Waals surface area contributed by atoms with Gasteiger partial charge in [0.15, 0.2) is 0 Å². The first kappa shape index (κ1) is 46.6. The maximum Gasteiger partial charge on any atom is 0.411 e. The lowest BCUT2D eigenvalue weighted by Crippen LogP contribution is -2.60. The number of sulfonamides is 1. The van der Waals surface area contributed by atoms with Crippen molar-refractivity contribution in [3.8, 4) is 0 Å². The molecule has 0 spiro atoms. The number of carbonyl (C=O) groups is 5. The van der Waals surface area contributed by atoms with E-state index in [1.165, 1.54) is 17.1 Å². The normalized spacial score (nSPS) is 21.7. The highest BCUT2D eigenvalue weighted by Gasteiger charge is 2.62. The molecule has 3 aliphatic rings. The molecule has 4 N–H and O–H groups in total. The van der Waals surface area contributed by atoms with E-state index in [9.17, 15) is 37.2 Å². The third-order valence-electron chi connectivity index (χ3n) is 9.27. The Morgan fingerprint density at radius 2 is 1.60 bits per heavy atom. The van der Waals surface area contributed by atoms with Crippen LogP contribution in [0.2, 0.25) is 0 Å². The van der Waals surface area contributed by atoms with Crippen LogP contribution in [-0.2, 0) is 38.7 Å². The fourth-order valence-corrected chi connectivity index (χ4v) is 8.47. The Balaban J connectivity index is 0.000000648. The lowest BCUT2D eigenvalue weighted by Gasteiger charge is -2.36. The number of alkyl carbamates (subject to hydrolysis) is 1. The van der Waals surface area contributed by atoms with Gasteiger partial charge < -0.3 is 25.0 Å². The van der Waals surface area contributed by atoms with Gasteiger partial charge in [-0.05, 0) is 115 Å². The number of nitrogens with one attached hydrogen (secondary N) is 4. The first-order chi connectivity index (χ1) is 27.0. The van der Waals surface area contributed by atoms with Crippen molar-refractivity contribution in [3.63, 3.8) is 0 Å². The van der Waals surface area contributed by atoms with Crippen molar-refractivity contribution >= 4 is 103 Å². The summed E-state index contributed by atoms with van der Waals surface area (Å²) in [5, 5.41) is 7.34. The Hall–Kier alpha value is -4.08. The highest BCUT2D eigenvalue weighted by atomic mass is 127. The predicted octanol–water partition coefficient (Wildman–Crippen LogP) is 5.68. The van der Waals surface area contributed by atoms with Crippen LogP contribution in [-0.4, -0.2) is 90.4 Å². The zero-order valence-corrected chi connectivity index (χ0v) is 38.1. The van der Waals surface area contributed by atoms with Crippen molar-refractivity contribution in [2.45, 2.75) is 102 Å². The molecule has 5 atom stereocenters. The van der Waals surface area contributed by atoms with Crippen LogP contribution in [0.15, 0.2) is 66.2 Å². The molecule has 3 fully saturated rings. The summed E-state index contributed by atoms with van der Waals surface area (Å²) in [5.41, 5.74) is -2.09. The van der Waals surface area contributed by atoms with Gasteiger partial charge in [-0.15, -0.1) is 6.58 Å². The number of halogens is 2. The standard InChI is InChI=1S/C32H44IN5O9S.C7H4INO/c1-8-18-16-32(18,27(41)37-48(44,45)20-13-14-20)36-25(39)23-15-19(46-28(42)34-22-12-10-9-11-21(22)33)17-38(23)26(40)24(30(2,3)4)35-29(43)47-31(5,6)7;8-6-3-1-2-4-7(6)9-5-10/h8-12,18-20,23-24H,1,13-17H2,2-7H3,(H,34,42)(H,35,43)(H,36,39)(H,37,41);1-4H/t18?,19-,23+,24-,32-;/m1./s1. The fraction of sp³-hybridized carbons (Fsp3) is 0.487. The number of amides is 5. The minimum atomic E-state index is -3.91. The number of anilines is 1. The average molecular weight is 1050 g/mol. The summed E-state index contributed by atoms with van der Waals surface area (Å²) in [4.78, 5) is 81.8. The van der Waals surface area contributed by atoms with Gasteiger partial charge in [-0.2, -0.15) is 4.99 Å². The van der Waals surface area contributed by atoms with Gasteiger partial charge in [-0.3, -0.25) is 24.4 Å². The Morgan fingerprint density at radius 3 is 2.14 bits per heavy atom. The molecule has 2 aromatic rings. The quantitative estimate of drug-likeness (QED) is 0.0935. The summed E-state index contributed by atoms with van der Waals surface area (Å²) in [5.74, 6) is -2.82. The Morgan fingerprint density at radius 1 is 0.983 bits per heavy atom. The van der Waals surface area contributed by atoms with E-state index in [0.717, 1.165) is 7.14 Å². The highest BCUT2D eigenvalue weighted by molar-refractivity contribution is 14.1. The molecule has 314 valence electrons. The number of isocyanates is 1. The van der Waals surface area contributed by atoms with Crippen molar-refractivity contribution in [3.05, 3.63) is 68.3 Å². The molecular formula is C39H48I2N6O10S. The molecule has 1 saturated heterocycles. The number of rotatable bonds is 11. The summed E-state index contributed by atoms with van der Waals surface area (Å²) in [6.07, 6.45) is 1.24.